The van der Waals surface area contributed by atoms with Gasteiger partial charge >= 0.3 is 0 Å². The molecule has 3 heteroatoms. The Morgan fingerprint density at radius 3 is 1.81 bits per heavy atom. The van der Waals surface area contributed by atoms with E-state index in [2.05, 4.69) is 111 Å². The molecule has 0 unspecified atom stereocenters. The summed E-state index contributed by atoms with van der Waals surface area (Å²) in [7, 11) is 0. The van der Waals surface area contributed by atoms with Gasteiger partial charge in [0, 0.05) is 10.7 Å². The van der Waals surface area contributed by atoms with E-state index < -0.39 is 0 Å². The first kappa shape index (κ1) is 13.1. The Labute approximate surface area is 137 Å². The van der Waals surface area contributed by atoms with Gasteiger partial charge in [0.05, 0.1) is 0 Å². The van der Waals surface area contributed by atoms with E-state index in [4.69, 9.17) is 0 Å². The lowest BCUT2D eigenvalue weighted by molar-refractivity contribution is 1.42. The van der Waals surface area contributed by atoms with Crippen LogP contribution >= 0.6 is 67.8 Å². The van der Waals surface area contributed by atoms with Crippen LogP contribution in [0.1, 0.15) is 5.56 Å². The maximum atomic E-state index is 2.38. The van der Waals surface area contributed by atoms with Crippen molar-refractivity contribution in [1.29, 1.82) is 0 Å². The zero-order chi connectivity index (χ0) is 11.7. The molecule has 2 aromatic carbocycles. The fourth-order valence-electron chi connectivity index (χ4n) is 1.50. The van der Waals surface area contributed by atoms with Gasteiger partial charge in [-0.3, -0.25) is 0 Å². The SMILES string of the molecule is Cc1cc(-c2ccc(I)c(I)c2)ccc1I. The van der Waals surface area contributed by atoms with Gasteiger partial charge in [-0.1, -0.05) is 18.2 Å². The topological polar surface area (TPSA) is 0 Å². The molecule has 0 heterocycles. The third kappa shape index (κ3) is 2.90. The summed E-state index contributed by atoms with van der Waals surface area (Å²) in [6.45, 7) is 2.16. The van der Waals surface area contributed by atoms with Crippen LogP contribution < -0.4 is 0 Å². The predicted octanol–water partition coefficient (Wildman–Crippen LogP) is 5.48. The fourth-order valence-corrected chi connectivity index (χ4v) is 2.69. The third-order valence-electron chi connectivity index (χ3n) is 2.41. The normalized spacial score (nSPS) is 10.5. The Hall–Kier alpha value is 0.630. The Morgan fingerprint density at radius 1 is 0.688 bits per heavy atom. The van der Waals surface area contributed by atoms with Gasteiger partial charge in [0.15, 0.2) is 0 Å². The lowest BCUT2D eigenvalue weighted by Gasteiger charge is -2.06. The van der Waals surface area contributed by atoms with E-state index in [9.17, 15) is 0 Å². The smallest absolute Gasteiger partial charge is 0.0270 e. The van der Waals surface area contributed by atoms with Crippen molar-refractivity contribution in [1.82, 2.24) is 0 Å². The largest absolute Gasteiger partial charge is 0.0533 e. The average Bonchev–Trinajstić information content (AvgIpc) is 2.26. The molecule has 2 aromatic rings. The Kier molecular flexibility index (Phi) is 4.51. The molecule has 0 aliphatic rings. The van der Waals surface area contributed by atoms with Crippen LogP contribution in [0.2, 0.25) is 0 Å². The van der Waals surface area contributed by atoms with E-state index in [-0.39, 0.29) is 0 Å². The van der Waals surface area contributed by atoms with Crippen LogP contribution in [0, 0.1) is 17.6 Å². The molecule has 0 radical (unpaired) electrons. The molecular weight excluding hydrogens is 537 g/mol. The van der Waals surface area contributed by atoms with E-state index in [1.54, 1.807) is 0 Å². The summed E-state index contributed by atoms with van der Waals surface area (Å²) in [4.78, 5) is 0. The summed E-state index contributed by atoms with van der Waals surface area (Å²) in [6.07, 6.45) is 0. The lowest BCUT2D eigenvalue weighted by Crippen LogP contribution is -1.85. The molecule has 0 N–H and O–H groups in total. The second-order valence-electron chi connectivity index (χ2n) is 3.59. The van der Waals surface area contributed by atoms with Crippen molar-refractivity contribution in [2.24, 2.45) is 0 Å². The summed E-state index contributed by atoms with van der Waals surface area (Å²) in [5, 5.41) is 0. The van der Waals surface area contributed by atoms with E-state index in [1.165, 1.54) is 27.4 Å². The molecule has 0 atom stereocenters. The molecule has 82 valence electrons. The van der Waals surface area contributed by atoms with Gasteiger partial charge in [0.25, 0.3) is 0 Å². The summed E-state index contributed by atoms with van der Waals surface area (Å²) in [5.41, 5.74) is 3.93. The second kappa shape index (κ2) is 5.51. The molecule has 0 aliphatic carbocycles. The third-order valence-corrected chi connectivity index (χ3v) is 6.49. The lowest BCUT2D eigenvalue weighted by atomic mass is 10.0. The first-order valence-corrected chi connectivity index (χ1v) is 8.03. The van der Waals surface area contributed by atoms with E-state index in [1.807, 2.05) is 0 Å². The minimum absolute atomic E-state index is 1.30. The van der Waals surface area contributed by atoms with Crippen molar-refractivity contribution < 1.29 is 0 Å². The Morgan fingerprint density at radius 2 is 1.25 bits per heavy atom. The van der Waals surface area contributed by atoms with Crippen LogP contribution in [0.15, 0.2) is 36.4 Å². The van der Waals surface area contributed by atoms with E-state index >= 15 is 0 Å². The number of halogens is 3. The second-order valence-corrected chi connectivity index (χ2v) is 7.08. The monoisotopic (exact) mass is 546 g/mol. The molecule has 0 amide bonds. The van der Waals surface area contributed by atoms with Gasteiger partial charge < -0.3 is 0 Å². The fraction of sp³-hybridized carbons (Fsp3) is 0.0769. The minimum Gasteiger partial charge on any atom is -0.0533 e. The summed E-state index contributed by atoms with van der Waals surface area (Å²) in [6, 6.07) is 13.2. The molecule has 0 saturated carbocycles. The standard InChI is InChI=1S/C13H9I3/c1-8-6-9(2-4-11(8)14)10-3-5-12(15)13(16)7-10/h2-7H,1H3. The highest BCUT2D eigenvalue weighted by Crippen LogP contribution is 2.26. The van der Waals surface area contributed by atoms with Crippen LogP contribution in [0.4, 0.5) is 0 Å². The molecule has 0 spiro atoms. The average molecular weight is 546 g/mol. The molecular formula is C13H9I3. The van der Waals surface area contributed by atoms with Crippen molar-refractivity contribution in [3.63, 3.8) is 0 Å². The van der Waals surface area contributed by atoms with Gasteiger partial charge in [-0.15, -0.1) is 0 Å². The highest BCUT2D eigenvalue weighted by Gasteiger charge is 2.03. The minimum atomic E-state index is 1.30. The van der Waals surface area contributed by atoms with Crippen molar-refractivity contribution in [2.45, 2.75) is 6.92 Å². The summed E-state index contributed by atoms with van der Waals surface area (Å²) in [5.74, 6) is 0. The number of hydrogen-bond donors (Lipinski definition) is 0. The number of benzene rings is 2. The Bertz CT molecular complexity index is 483. The van der Waals surface area contributed by atoms with Crippen LogP contribution in [0.25, 0.3) is 11.1 Å². The van der Waals surface area contributed by atoms with Crippen molar-refractivity contribution in [3.8, 4) is 11.1 Å². The van der Waals surface area contributed by atoms with Gasteiger partial charge in [-0.25, -0.2) is 0 Å². The molecule has 0 nitrogen and oxygen atoms in total. The molecule has 0 aromatic heterocycles. The molecule has 0 aliphatic heterocycles. The van der Waals surface area contributed by atoms with Gasteiger partial charge in [-0.05, 0) is 110 Å². The van der Waals surface area contributed by atoms with Crippen LogP contribution in [0.5, 0.6) is 0 Å². The van der Waals surface area contributed by atoms with Gasteiger partial charge in [-0.2, -0.15) is 0 Å². The van der Waals surface area contributed by atoms with Crippen LogP contribution in [-0.4, -0.2) is 0 Å². The van der Waals surface area contributed by atoms with E-state index in [0.717, 1.165) is 0 Å². The van der Waals surface area contributed by atoms with Crippen LogP contribution in [-0.2, 0) is 0 Å². The van der Waals surface area contributed by atoms with Crippen LogP contribution in [0.3, 0.4) is 0 Å². The van der Waals surface area contributed by atoms with Gasteiger partial charge in [0.2, 0.25) is 0 Å². The zero-order valence-electron chi connectivity index (χ0n) is 8.60. The van der Waals surface area contributed by atoms with Crippen molar-refractivity contribution >= 4 is 67.8 Å². The maximum absolute atomic E-state index is 2.38. The number of rotatable bonds is 1. The Balaban J connectivity index is 2.50. The number of hydrogen-bond acceptors (Lipinski definition) is 0. The molecule has 0 saturated heterocycles. The van der Waals surface area contributed by atoms with E-state index in [0.29, 0.717) is 0 Å². The summed E-state index contributed by atoms with van der Waals surface area (Å²) < 4.78 is 3.94. The maximum Gasteiger partial charge on any atom is 0.0270 e. The molecule has 2 rings (SSSR count). The first-order valence-electron chi connectivity index (χ1n) is 4.79. The highest BCUT2D eigenvalue weighted by molar-refractivity contribution is 14.1. The van der Waals surface area contributed by atoms with Crippen molar-refractivity contribution in [3.05, 3.63) is 52.7 Å². The molecule has 0 bridgehead atoms. The summed E-state index contributed by atoms with van der Waals surface area (Å²) >= 11 is 7.12. The predicted molar refractivity (Wildman–Crippen MR) is 94.8 cm³/mol. The molecule has 0 fully saturated rings. The first-order chi connectivity index (χ1) is 7.58. The number of aryl methyl sites for hydroxylation is 1. The van der Waals surface area contributed by atoms with Gasteiger partial charge in [0.1, 0.15) is 0 Å². The zero-order valence-corrected chi connectivity index (χ0v) is 15.1. The van der Waals surface area contributed by atoms with Crippen molar-refractivity contribution in [2.75, 3.05) is 0 Å². The quantitative estimate of drug-likeness (QED) is 0.417. The highest BCUT2D eigenvalue weighted by atomic mass is 127. The molecule has 16 heavy (non-hydrogen) atoms.